The summed E-state index contributed by atoms with van der Waals surface area (Å²) in [7, 11) is 0. The van der Waals surface area contributed by atoms with Crippen LogP contribution in [0.15, 0.2) is 24.3 Å². The molecule has 4 nitrogen and oxygen atoms in total. The molecular weight excluding hydrogens is 256 g/mol. The predicted octanol–water partition coefficient (Wildman–Crippen LogP) is 2.98. The maximum absolute atomic E-state index is 11.6. The van der Waals surface area contributed by atoms with E-state index < -0.39 is 5.78 Å². The molecule has 4 heteroatoms. The number of aromatic hydroxyl groups is 2. The molecule has 0 aromatic heterocycles. The molecule has 0 aliphatic rings. The fraction of sp³-hybridized carbons (Fsp3) is 0.250. The van der Waals surface area contributed by atoms with E-state index in [1.807, 2.05) is 0 Å². The van der Waals surface area contributed by atoms with Crippen LogP contribution < -0.4 is 0 Å². The summed E-state index contributed by atoms with van der Waals surface area (Å²) in [6.07, 6.45) is 2.97. The Morgan fingerprint density at radius 3 is 2.50 bits per heavy atom. The van der Waals surface area contributed by atoms with Crippen LogP contribution in [0.5, 0.6) is 11.5 Å². The third kappa shape index (κ3) is 2.64. The van der Waals surface area contributed by atoms with Crippen LogP contribution in [0.2, 0.25) is 0 Å². The lowest BCUT2D eigenvalue weighted by Gasteiger charge is -2.10. The van der Waals surface area contributed by atoms with Gasteiger partial charge in [0.1, 0.15) is 0 Å². The standard InChI is InChI=1S/C16H16O4/c1-2-3-4-10-5-12(16(20)9-17)6-11-7-14(18)15(19)8-13(10)11/h5-9,18-19H,2-4H2,1H3. The number of benzene rings is 2. The van der Waals surface area contributed by atoms with E-state index in [9.17, 15) is 19.8 Å². The minimum atomic E-state index is -0.586. The molecule has 0 saturated heterocycles. The topological polar surface area (TPSA) is 74.6 Å². The number of phenols is 2. The summed E-state index contributed by atoms with van der Waals surface area (Å²) in [6.45, 7) is 2.06. The number of unbranched alkanes of at least 4 members (excludes halogenated alkanes) is 1. The molecule has 0 fully saturated rings. The van der Waals surface area contributed by atoms with E-state index in [0.29, 0.717) is 10.9 Å². The van der Waals surface area contributed by atoms with E-state index in [0.717, 1.165) is 30.2 Å². The van der Waals surface area contributed by atoms with Gasteiger partial charge >= 0.3 is 0 Å². The maximum atomic E-state index is 11.6. The summed E-state index contributed by atoms with van der Waals surface area (Å²) >= 11 is 0. The fourth-order valence-electron chi connectivity index (χ4n) is 2.25. The normalized spacial score (nSPS) is 10.7. The number of carbonyl (C=O) groups excluding carboxylic acids is 2. The lowest BCUT2D eigenvalue weighted by molar-refractivity contribution is -0.104. The first-order chi connectivity index (χ1) is 9.56. The Morgan fingerprint density at radius 1 is 1.15 bits per heavy atom. The summed E-state index contributed by atoms with van der Waals surface area (Å²) in [6, 6.07) is 6.14. The van der Waals surface area contributed by atoms with E-state index in [4.69, 9.17) is 0 Å². The predicted molar refractivity (Wildman–Crippen MR) is 76.3 cm³/mol. The molecule has 0 unspecified atom stereocenters. The first kappa shape index (κ1) is 14.1. The highest BCUT2D eigenvalue weighted by Gasteiger charge is 2.12. The van der Waals surface area contributed by atoms with E-state index >= 15 is 0 Å². The highest BCUT2D eigenvalue weighted by Crippen LogP contribution is 2.33. The maximum Gasteiger partial charge on any atom is 0.225 e. The van der Waals surface area contributed by atoms with Crippen molar-refractivity contribution in [2.45, 2.75) is 26.2 Å². The van der Waals surface area contributed by atoms with Gasteiger partial charge in [-0.15, -0.1) is 0 Å². The Morgan fingerprint density at radius 2 is 1.85 bits per heavy atom. The van der Waals surface area contributed by atoms with Gasteiger partial charge in [0.15, 0.2) is 17.8 Å². The van der Waals surface area contributed by atoms with Gasteiger partial charge in [-0.25, -0.2) is 0 Å². The van der Waals surface area contributed by atoms with Crippen molar-refractivity contribution >= 4 is 22.8 Å². The lowest BCUT2D eigenvalue weighted by Crippen LogP contribution is -2.01. The molecule has 2 aromatic rings. The van der Waals surface area contributed by atoms with Crippen molar-refractivity contribution in [3.8, 4) is 11.5 Å². The van der Waals surface area contributed by atoms with Gasteiger partial charge in [0.05, 0.1) is 0 Å². The van der Waals surface area contributed by atoms with Gasteiger partial charge in [-0.1, -0.05) is 13.3 Å². The Balaban J connectivity index is 2.67. The molecule has 2 rings (SSSR count). The van der Waals surface area contributed by atoms with Crippen molar-refractivity contribution in [2.24, 2.45) is 0 Å². The van der Waals surface area contributed by atoms with Gasteiger partial charge in [-0.2, -0.15) is 0 Å². The Hall–Kier alpha value is -2.36. The van der Waals surface area contributed by atoms with Gasteiger partial charge in [-0.05, 0) is 53.4 Å². The van der Waals surface area contributed by atoms with Crippen molar-refractivity contribution in [3.63, 3.8) is 0 Å². The number of hydrogen-bond donors (Lipinski definition) is 2. The number of carbonyl (C=O) groups is 2. The van der Waals surface area contributed by atoms with Gasteiger partial charge < -0.3 is 10.2 Å². The SMILES string of the molecule is CCCCc1cc(C(=O)C=O)cc2cc(O)c(O)cc12. The van der Waals surface area contributed by atoms with Crippen LogP contribution in [0.3, 0.4) is 0 Å². The molecule has 0 amide bonds. The molecule has 0 aliphatic carbocycles. The molecule has 2 N–H and O–H groups in total. The van der Waals surface area contributed by atoms with Crippen LogP contribution in [0.25, 0.3) is 10.8 Å². The van der Waals surface area contributed by atoms with Gasteiger partial charge in [0.25, 0.3) is 0 Å². The monoisotopic (exact) mass is 272 g/mol. The lowest BCUT2D eigenvalue weighted by atomic mass is 9.95. The average Bonchev–Trinajstić information content (AvgIpc) is 2.45. The number of hydrogen-bond acceptors (Lipinski definition) is 4. The van der Waals surface area contributed by atoms with E-state index in [1.54, 1.807) is 12.1 Å². The van der Waals surface area contributed by atoms with Gasteiger partial charge in [0, 0.05) is 5.56 Å². The van der Waals surface area contributed by atoms with Crippen LogP contribution >= 0.6 is 0 Å². The van der Waals surface area contributed by atoms with Crippen LogP contribution in [0.1, 0.15) is 35.7 Å². The first-order valence-electron chi connectivity index (χ1n) is 6.55. The molecular formula is C16H16O4. The van der Waals surface area contributed by atoms with Gasteiger partial charge in [-0.3, -0.25) is 9.59 Å². The van der Waals surface area contributed by atoms with Crippen LogP contribution in [0.4, 0.5) is 0 Å². The number of aryl methyl sites for hydroxylation is 1. The zero-order chi connectivity index (χ0) is 14.7. The molecule has 0 spiro atoms. The highest BCUT2D eigenvalue weighted by atomic mass is 16.3. The van der Waals surface area contributed by atoms with Crippen LogP contribution in [0, 0.1) is 0 Å². The molecule has 2 aromatic carbocycles. The molecule has 0 radical (unpaired) electrons. The van der Waals surface area contributed by atoms with Crippen molar-refractivity contribution in [1.29, 1.82) is 0 Å². The minimum absolute atomic E-state index is 0.190. The average molecular weight is 272 g/mol. The first-order valence-corrected chi connectivity index (χ1v) is 6.55. The minimum Gasteiger partial charge on any atom is -0.504 e. The third-order valence-corrected chi connectivity index (χ3v) is 3.32. The third-order valence-electron chi connectivity index (χ3n) is 3.32. The quantitative estimate of drug-likeness (QED) is 0.380. The molecule has 20 heavy (non-hydrogen) atoms. The van der Waals surface area contributed by atoms with Crippen LogP contribution in [-0.2, 0) is 11.2 Å². The fourth-order valence-corrected chi connectivity index (χ4v) is 2.25. The number of fused-ring (bicyclic) bond motifs is 1. The number of Topliss-reactive ketones (excluding diaryl/α,β-unsaturated/α-hetero) is 1. The molecule has 0 heterocycles. The van der Waals surface area contributed by atoms with E-state index in [-0.39, 0.29) is 17.8 Å². The number of rotatable bonds is 5. The summed E-state index contributed by atoms with van der Waals surface area (Å²) in [5, 5.41) is 20.6. The second-order valence-corrected chi connectivity index (χ2v) is 4.78. The zero-order valence-corrected chi connectivity index (χ0v) is 11.2. The zero-order valence-electron chi connectivity index (χ0n) is 11.2. The van der Waals surface area contributed by atoms with E-state index in [2.05, 4.69) is 6.92 Å². The summed E-state index contributed by atoms with van der Waals surface area (Å²) in [5.74, 6) is -1.02. The Bertz CT molecular complexity index is 674. The largest absolute Gasteiger partial charge is 0.504 e. The van der Waals surface area contributed by atoms with Crippen molar-refractivity contribution in [2.75, 3.05) is 0 Å². The van der Waals surface area contributed by atoms with Crippen molar-refractivity contribution < 1.29 is 19.8 Å². The number of phenolic OH excluding ortho intramolecular Hbond substituents is 2. The molecule has 0 atom stereocenters. The molecule has 0 aliphatic heterocycles. The number of ketones is 1. The Labute approximate surface area is 116 Å². The van der Waals surface area contributed by atoms with Gasteiger partial charge in [0.2, 0.25) is 5.78 Å². The summed E-state index contributed by atoms with van der Waals surface area (Å²) in [4.78, 5) is 22.2. The van der Waals surface area contributed by atoms with Crippen molar-refractivity contribution in [3.05, 3.63) is 35.4 Å². The van der Waals surface area contributed by atoms with E-state index in [1.165, 1.54) is 12.1 Å². The summed E-state index contributed by atoms with van der Waals surface area (Å²) < 4.78 is 0. The van der Waals surface area contributed by atoms with Crippen molar-refractivity contribution in [1.82, 2.24) is 0 Å². The molecule has 0 saturated carbocycles. The molecule has 104 valence electrons. The van der Waals surface area contributed by atoms with Crippen LogP contribution in [-0.4, -0.2) is 22.3 Å². The second kappa shape index (κ2) is 5.74. The second-order valence-electron chi connectivity index (χ2n) is 4.78. The Kier molecular flexibility index (Phi) is 4.03. The number of aldehydes is 1. The summed E-state index contributed by atoms with van der Waals surface area (Å²) in [5.41, 5.74) is 1.20. The highest BCUT2D eigenvalue weighted by molar-refractivity contribution is 6.33. The molecule has 0 bridgehead atoms. The smallest absolute Gasteiger partial charge is 0.225 e.